The Morgan fingerprint density at radius 1 is 1.60 bits per heavy atom. The molecule has 0 aromatic carbocycles. The molecular weight excluding hydrogens is 216 g/mol. The van der Waals surface area contributed by atoms with Gasteiger partial charge in [0.15, 0.2) is 9.84 Å². The van der Waals surface area contributed by atoms with Gasteiger partial charge < -0.3 is 4.74 Å². The highest BCUT2D eigenvalue weighted by Crippen LogP contribution is 2.22. The summed E-state index contributed by atoms with van der Waals surface area (Å²) in [5, 5.41) is 12.0. The first kappa shape index (κ1) is 12.4. The fraction of sp³-hybridized carbons (Fsp3) is 0.889. The van der Waals surface area contributed by atoms with E-state index in [9.17, 15) is 8.42 Å². The molecule has 1 heterocycles. The molecule has 1 aliphatic rings. The Morgan fingerprint density at radius 2 is 2.33 bits per heavy atom. The van der Waals surface area contributed by atoms with Crippen LogP contribution in [0.1, 0.15) is 12.8 Å². The zero-order valence-electron chi connectivity index (χ0n) is 8.82. The maximum absolute atomic E-state index is 11.4. The summed E-state index contributed by atoms with van der Waals surface area (Å²) >= 11 is 0. The Bertz CT molecular complexity index is 347. The monoisotopic (exact) mass is 232 g/mol. The average Bonchev–Trinajstić information content (AvgIpc) is 2.17. The molecule has 0 aromatic rings. The van der Waals surface area contributed by atoms with E-state index in [0.717, 1.165) is 0 Å². The lowest BCUT2D eigenvalue weighted by atomic mass is 9.97. The van der Waals surface area contributed by atoms with Crippen LogP contribution in [0.25, 0.3) is 0 Å². The highest BCUT2D eigenvalue weighted by Gasteiger charge is 2.38. The second kappa shape index (κ2) is 4.92. The molecule has 0 radical (unpaired) electrons. The average molecular weight is 232 g/mol. The summed E-state index contributed by atoms with van der Waals surface area (Å²) in [4.78, 5) is 0. The maximum atomic E-state index is 11.4. The molecule has 0 amide bonds. The lowest BCUT2D eigenvalue weighted by molar-refractivity contribution is 0.191. The standard InChI is InChI=1S/C9H16N2O3S/c1-14-5-4-11-9(7-10)3-2-6-15(12,13)8-9/h11H,2-6,8H2,1H3. The van der Waals surface area contributed by atoms with Gasteiger partial charge in [-0.15, -0.1) is 0 Å². The van der Waals surface area contributed by atoms with E-state index in [1.54, 1.807) is 7.11 Å². The molecule has 0 spiro atoms. The van der Waals surface area contributed by atoms with E-state index in [0.29, 0.717) is 26.0 Å². The van der Waals surface area contributed by atoms with Crippen LogP contribution in [0.5, 0.6) is 0 Å². The van der Waals surface area contributed by atoms with E-state index < -0.39 is 15.4 Å². The van der Waals surface area contributed by atoms with Crippen LogP contribution < -0.4 is 5.32 Å². The third kappa shape index (κ3) is 3.45. The SMILES string of the molecule is COCCNC1(C#N)CCCS(=O)(=O)C1. The maximum Gasteiger partial charge on any atom is 0.153 e. The molecular formula is C9H16N2O3S. The first-order valence-corrected chi connectivity index (χ1v) is 6.71. The topological polar surface area (TPSA) is 79.2 Å². The van der Waals surface area contributed by atoms with Gasteiger partial charge in [-0.25, -0.2) is 8.42 Å². The fourth-order valence-electron chi connectivity index (χ4n) is 1.77. The van der Waals surface area contributed by atoms with Crippen LogP contribution in [-0.2, 0) is 14.6 Å². The summed E-state index contributed by atoms with van der Waals surface area (Å²) in [6.07, 6.45) is 1.14. The van der Waals surface area contributed by atoms with Crippen LogP contribution in [0, 0.1) is 11.3 Å². The molecule has 1 aliphatic heterocycles. The Kier molecular flexibility index (Phi) is 4.08. The summed E-state index contributed by atoms with van der Waals surface area (Å²) < 4.78 is 27.7. The van der Waals surface area contributed by atoms with E-state index in [4.69, 9.17) is 10.00 Å². The molecule has 0 aromatic heterocycles. The Hall–Kier alpha value is -0.640. The van der Waals surface area contributed by atoms with E-state index in [-0.39, 0.29) is 11.5 Å². The number of nitrogens with zero attached hydrogens (tertiary/aromatic N) is 1. The van der Waals surface area contributed by atoms with Gasteiger partial charge in [-0.05, 0) is 12.8 Å². The van der Waals surface area contributed by atoms with Crippen molar-refractivity contribution >= 4 is 9.84 Å². The molecule has 1 atom stereocenters. The van der Waals surface area contributed by atoms with Crippen molar-refractivity contribution in [3.05, 3.63) is 0 Å². The van der Waals surface area contributed by atoms with Crippen molar-refractivity contribution in [3.63, 3.8) is 0 Å². The van der Waals surface area contributed by atoms with Crippen molar-refractivity contribution in [1.82, 2.24) is 5.32 Å². The summed E-state index contributed by atoms with van der Waals surface area (Å²) in [5.74, 6) is 0.114. The van der Waals surface area contributed by atoms with Crippen LogP contribution in [-0.4, -0.2) is 45.7 Å². The minimum Gasteiger partial charge on any atom is -0.383 e. The van der Waals surface area contributed by atoms with Crippen molar-refractivity contribution in [2.75, 3.05) is 31.8 Å². The fourth-order valence-corrected chi connectivity index (χ4v) is 3.56. The van der Waals surface area contributed by atoms with Crippen LogP contribution >= 0.6 is 0 Å². The second-order valence-corrected chi connectivity index (χ2v) is 5.99. The smallest absolute Gasteiger partial charge is 0.153 e. The van der Waals surface area contributed by atoms with Gasteiger partial charge >= 0.3 is 0 Å². The number of methoxy groups -OCH3 is 1. The number of nitrogens with one attached hydrogen (secondary N) is 1. The largest absolute Gasteiger partial charge is 0.383 e. The Balaban J connectivity index is 2.64. The van der Waals surface area contributed by atoms with Crippen LogP contribution in [0.3, 0.4) is 0 Å². The number of hydrogen-bond donors (Lipinski definition) is 1. The van der Waals surface area contributed by atoms with Crippen molar-refractivity contribution in [3.8, 4) is 6.07 Å². The molecule has 5 nitrogen and oxygen atoms in total. The first-order chi connectivity index (χ1) is 7.04. The van der Waals surface area contributed by atoms with E-state index in [1.165, 1.54) is 0 Å². The van der Waals surface area contributed by atoms with Crippen LogP contribution in [0.15, 0.2) is 0 Å². The van der Waals surface area contributed by atoms with Crippen LogP contribution in [0.2, 0.25) is 0 Å². The van der Waals surface area contributed by atoms with Gasteiger partial charge in [-0.3, -0.25) is 5.32 Å². The highest BCUT2D eigenvalue weighted by molar-refractivity contribution is 7.91. The molecule has 0 bridgehead atoms. The van der Waals surface area contributed by atoms with E-state index >= 15 is 0 Å². The van der Waals surface area contributed by atoms with Crippen molar-refractivity contribution in [1.29, 1.82) is 5.26 Å². The molecule has 1 unspecified atom stereocenters. The molecule has 0 aliphatic carbocycles. The predicted molar refractivity (Wildman–Crippen MR) is 56.1 cm³/mol. The van der Waals surface area contributed by atoms with Gasteiger partial charge in [0, 0.05) is 13.7 Å². The van der Waals surface area contributed by atoms with Gasteiger partial charge in [0.1, 0.15) is 5.54 Å². The molecule has 1 fully saturated rings. The van der Waals surface area contributed by atoms with Crippen LogP contribution in [0.4, 0.5) is 0 Å². The molecule has 0 saturated carbocycles. The summed E-state index contributed by atoms with van der Waals surface area (Å²) in [7, 11) is -1.50. The van der Waals surface area contributed by atoms with E-state index in [1.807, 2.05) is 0 Å². The Labute approximate surface area is 90.3 Å². The summed E-state index contributed by atoms with van der Waals surface area (Å²) in [6, 6.07) is 2.09. The predicted octanol–water partition coefficient (Wildman–Crippen LogP) is -0.307. The zero-order chi connectivity index (χ0) is 11.4. The molecule has 1 rings (SSSR count). The van der Waals surface area contributed by atoms with Gasteiger partial charge in [0.2, 0.25) is 0 Å². The third-order valence-corrected chi connectivity index (χ3v) is 4.35. The molecule has 86 valence electrons. The highest BCUT2D eigenvalue weighted by atomic mass is 32.2. The minimum atomic E-state index is -3.07. The molecule has 15 heavy (non-hydrogen) atoms. The molecule has 1 N–H and O–H groups in total. The molecule has 6 heteroatoms. The number of rotatable bonds is 4. The lowest BCUT2D eigenvalue weighted by Gasteiger charge is -2.31. The lowest BCUT2D eigenvalue weighted by Crippen LogP contribution is -2.53. The van der Waals surface area contributed by atoms with Crippen molar-refractivity contribution in [2.45, 2.75) is 18.4 Å². The van der Waals surface area contributed by atoms with Crippen molar-refractivity contribution in [2.24, 2.45) is 0 Å². The normalized spacial score (nSPS) is 29.6. The number of hydrogen-bond acceptors (Lipinski definition) is 5. The quantitative estimate of drug-likeness (QED) is 0.673. The zero-order valence-corrected chi connectivity index (χ0v) is 9.64. The van der Waals surface area contributed by atoms with Gasteiger partial charge in [-0.1, -0.05) is 0 Å². The first-order valence-electron chi connectivity index (χ1n) is 4.89. The number of nitriles is 1. The van der Waals surface area contributed by atoms with Gasteiger partial charge in [-0.2, -0.15) is 5.26 Å². The molecule has 1 saturated heterocycles. The van der Waals surface area contributed by atoms with E-state index in [2.05, 4.69) is 11.4 Å². The number of sulfone groups is 1. The third-order valence-electron chi connectivity index (χ3n) is 2.51. The summed E-state index contributed by atoms with van der Waals surface area (Å²) in [6.45, 7) is 0.975. The van der Waals surface area contributed by atoms with Gasteiger partial charge in [0.05, 0.1) is 24.2 Å². The summed E-state index contributed by atoms with van der Waals surface area (Å²) in [5.41, 5.74) is -0.907. The van der Waals surface area contributed by atoms with Crippen molar-refractivity contribution < 1.29 is 13.2 Å². The Morgan fingerprint density at radius 3 is 2.87 bits per heavy atom. The second-order valence-electron chi connectivity index (χ2n) is 3.81. The van der Waals surface area contributed by atoms with Gasteiger partial charge in [0.25, 0.3) is 0 Å². The number of ether oxygens (including phenoxy) is 1. The minimum absolute atomic E-state index is 0.0831.